The van der Waals surface area contributed by atoms with Crippen LogP contribution in [0, 0.1) is 0 Å². The number of hydrogen-bond donors (Lipinski definition) is 3. The smallest absolute Gasteiger partial charge is 0.229 e. The highest BCUT2D eigenvalue weighted by molar-refractivity contribution is 7.92. The van der Waals surface area contributed by atoms with Crippen molar-refractivity contribution in [2.24, 2.45) is 4.99 Å². The van der Waals surface area contributed by atoms with Gasteiger partial charge in [0.2, 0.25) is 10.0 Å². The van der Waals surface area contributed by atoms with Crippen LogP contribution in [-0.2, 0) is 16.6 Å². The van der Waals surface area contributed by atoms with Gasteiger partial charge in [-0.1, -0.05) is 25.1 Å². The zero-order valence-corrected chi connectivity index (χ0v) is 12.9. The lowest BCUT2D eigenvalue weighted by Crippen LogP contribution is -2.37. The molecule has 112 valence electrons. The second-order valence-corrected chi connectivity index (χ2v) is 6.13. The van der Waals surface area contributed by atoms with Crippen molar-refractivity contribution < 1.29 is 8.42 Å². The maximum Gasteiger partial charge on any atom is 0.229 e. The fraction of sp³-hybridized carbons (Fsp3) is 0.462. The van der Waals surface area contributed by atoms with E-state index in [2.05, 4.69) is 27.3 Å². The lowest BCUT2D eigenvalue weighted by Gasteiger charge is -2.14. The van der Waals surface area contributed by atoms with Crippen LogP contribution in [0.15, 0.2) is 29.3 Å². The molecule has 0 spiro atoms. The third-order valence-electron chi connectivity index (χ3n) is 2.53. The Labute approximate surface area is 120 Å². The summed E-state index contributed by atoms with van der Waals surface area (Å²) in [7, 11) is -1.58. The molecular weight excluding hydrogens is 276 g/mol. The van der Waals surface area contributed by atoms with Crippen molar-refractivity contribution in [3.63, 3.8) is 0 Å². The molecule has 1 aromatic rings. The quantitative estimate of drug-likeness (QED) is 0.543. The van der Waals surface area contributed by atoms with E-state index in [-0.39, 0.29) is 0 Å². The van der Waals surface area contributed by atoms with Crippen molar-refractivity contribution in [3.05, 3.63) is 29.8 Å². The first kappa shape index (κ1) is 16.3. The fourth-order valence-corrected chi connectivity index (χ4v) is 2.22. The Morgan fingerprint density at radius 3 is 2.55 bits per heavy atom. The maximum atomic E-state index is 11.3. The topological polar surface area (TPSA) is 82.6 Å². The monoisotopic (exact) mass is 298 g/mol. The first-order valence-electron chi connectivity index (χ1n) is 6.46. The van der Waals surface area contributed by atoms with Gasteiger partial charge in [-0.05, 0) is 18.1 Å². The molecule has 3 N–H and O–H groups in total. The Hall–Kier alpha value is -1.76. The Morgan fingerprint density at radius 1 is 1.25 bits per heavy atom. The van der Waals surface area contributed by atoms with E-state index in [1.807, 2.05) is 12.1 Å². The Bertz CT molecular complexity index is 555. The number of anilines is 1. The number of guanidine groups is 1. The van der Waals surface area contributed by atoms with Gasteiger partial charge in [-0.25, -0.2) is 8.42 Å². The summed E-state index contributed by atoms with van der Waals surface area (Å²) in [4.78, 5) is 4.10. The summed E-state index contributed by atoms with van der Waals surface area (Å²) >= 11 is 0. The summed E-state index contributed by atoms with van der Waals surface area (Å²) in [5.74, 6) is 0.695. The SMILES string of the molecule is CCCNC(=NC)NCc1ccccc1NS(C)(=O)=O. The van der Waals surface area contributed by atoms with Gasteiger partial charge in [0.1, 0.15) is 0 Å². The second-order valence-electron chi connectivity index (χ2n) is 4.38. The minimum Gasteiger partial charge on any atom is -0.356 e. The molecule has 0 amide bonds. The normalized spacial score (nSPS) is 12.1. The maximum absolute atomic E-state index is 11.3. The van der Waals surface area contributed by atoms with Gasteiger partial charge in [0.15, 0.2) is 5.96 Å². The van der Waals surface area contributed by atoms with E-state index in [4.69, 9.17) is 0 Å². The number of hydrogen-bond acceptors (Lipinski definition) is 3. The lowest BCUT2D eigenvalue weighted by molar-refractivity contribution is 0.606. The van der Waals surface area contributed by atoms with E-state index < -0.39 is 10.0 Å². The number of sulfonamides is 1. The molecule has 0 saturated carbocycles. The van der Waals surface area contributed by atoms with E-state index in [0.29, 0.717) is 18.2 Å². The molecule has 0 aliphatic rings. The average molecular weight is 298 g/mol. The van der Waals surface area contributed by atoms with Crippen molar-refractivity contribution in [2.45, 2.75) is 19.9 Å². The third-order valence-corrected chi connectivity index (χ3v) is 3.12. The molecule has 1 rings (SSSR count). The number of nitrogens with zero attached hydrogens (tertiary/aromatic N) is 1. The summed E-state index contributed by atoms with van der Waals surface area (Å²) in [5, 5.41) is 6.31. The molecule has 0 aliphatic carbocycles. The number of nitrogens with one attached hydrogen (secondary N) is 3. The molecular formula is C13H22N4O2S. The van der Waals surface area contributed by atoms with E-state index >= 15 is 0 Å². The van der Waals surface area contributed by atoms with Crippen molar-refractivity contribution in [2.75, 3.05) is 24.6 Å². The van der Waals surface area contributed by atoms with E-state index in [1.54, 1.807) is 19.2 Å². The number of benzene rings is 1. The first-order valence-corrected chi connectivity index (χ1v) is 8.35. The number of rotatable bonds is 6. The molecule has 0 aromatic heterocycles. The van der Waals surface area contributed by atoms with Gasteiger partial charge in [0.05, 0.1) is 11.9 Å². The molecule has 0 fully saturated rings. The third kappa shape index (κ3) is 5.92. The van der Waals surface area contributed by atoms with Crippen LogP contribution >= 0.6 is 0 Å². The predicted molar refractivity (Wildman–Crippen MR) is 83.4 cm³/mol. The van der Waals surface area contributed by atoms with Crippen molar-refractivity contribution in [1.82, 2.24) is 10.6 Å². The van der Waals surface area contributed by atoms with Crippen LogP contribution in [0.3, 0.4) is 0 Å². The van der Waals surface area contributed by atoms with Crippen LogP contribution in [0.1, 0.15) is 18.9 Å². The summed E-state index contributed by atoms with van der Waals surface area (Å²) in [5.41, 5.74) is 1.44. The standard InChI is InChI=1S/C13H22N4O2S/c1-4-9-15-13(14-2)16-10-11-7-5-6-8-12(11)17-20(3,18)19/h5-8,17H,4,9-10H2,1-3H3,(H2,14,15,16). The van der Waals surface area contributed by atoms with Crippen molar-refractivity contribution >= 4 is 21.7 Å². The van der Waals surface area contributed by atoms with Gasteiger partial charge in [0.25, 0.3) is 0 Å². The highest BCUT2D eigenvalue weighted by atomic mass is 32.2. The molecule has 0 bridgehead atoms. The Kier molecular flexibility index (Phi) is 6.30. The van der Waals surface area contributed by atoms with Gasteiger partial charge in [-0.15, -0.1) is 0 Å². The Balaban J connectivity index is 2.72. The molecule has 20 heavy (non-hydrogen) atoms. The van der Waals surface area contributed by atoms with E-state index in [0.717, 1.165) is 24.8 Å². The van der Waals surface area contributed by atoms with Crippen LogP contribution < -0.4 is 15.4 Å². The van der Waals surface area contributed by atoms with Crippen LogP contribution in [0.25, 0.3) is 0 Å². The first-order chi connectivity index (χ1) is 9.46. The highest BCUT2D eigenvalue weighted by Crippen LogP contribution is 2.15. The van der Waals surface area contributed by atoms with Crippen LogP contribution in [-0.4, -0.2) is 34.2 Å². The summed E-state index contributed by atoms with van der Waals surface area (Å²) in [6.07, 6.45) is 2.14. The van der Waals surface area contributed by atoms with Crippen molar-refractivity contribution in [1.29, 1.82) is 0 Å². The lowest BCUT2D eigenvalue weighted by atomic mass is 10.2. The molecule has 0 saturated heterocycles. The average Bonchev–Trinajstić information content (AvgIpc) is 2.39. The fourth-order valence-electron chi connectivity index (χ4n) is 1.62. The molecule has 0 aliphatic heterocycles. The molecule has 6 nitrogen and oxygen atoms in total. The van der Waals surface area contributed by atoms with Crippen LogP contribution in [0.4, 0.5) is 5.69 Å². The second kappa shape index (κ2) is 7.74. The molecule has 0 radical (unpaired) electrons. The molecule has 7 heteroatoms. The zero-order chi connectivity index (χ0) is 15.0. The van der Waals surface area contributed by atoms with Gasteiger partial charge in [0, 0.05) is 20.1 Å². The number of para-hydroxylation sites is 1. The van der Waals surface area contributed by atoms with Crippen LogP contribution in [0.5, 0.6) is 0 Å². The largest absolute Gasteiger partial charge is 0.356 e. The summed E-state index contributed by atoms with van der Waals surface area (Å²) < 4.78 is 25.1. The minimum atomic E-state index is -3.28. The Morgan fingerprint density at radius 2 is 1.95 bits per heavy atom. The highest BCUT2D eigenvalue weighted by Gasteiger charge is 2.07. The van der Waals surface area contributed by atoms with Gasteiger partial charge in [-0.2, -0.15) is 0 Å². The summed E-state index contributed by atoms with van der Waals surface area (Å²) in [6, 6.07) is 7.27. The minimum absolute atomic E-state index is 0.488. The summed E-state index contributed by atoms with van der Waals surface area (Å²) in [6.45, 7) is 3.40. The number of aliphatic imine (C=N–C) groups is 1. The van der Waals surface area contributed by atoms with Crippen LogP contribution in [0.2, 0.25) is 0 Å². The molecule has 0 atom stereocenters. The van der Waals surface area contributed by atoms with Gasteiger partial charge in [-0.3, -0.25) is 9.71 Å². The van der Waals surface area contributed by atoms with E-state index in [1.165, 1.54) is 0 Å². The molecule has 1 aromatic carbocycles. The van der Waals surface area contributed by atoms with Crippen molar-refractivity contribution in [3.8, 4) is 0 Å². The predicted octanol–water partition coefficient (Wildman–Crippen LogP) is 1.13. The van der Waals surface area contributed by atoms with E-state index in [9.17, 15) is 8.42 Å². The van der Waals surface area contributed by atoms with Gasteiger partial charge < -0.3 is 10.6 Å². The molecule has 0 heterocycles. The van der Waals surface area contributed by atoms with Gasteiger partial charge >= 0.3 is 0 Å². The molecule has 0 unspecified atom stereocenters. The zero-order valence-electron chi connectivity index (χ0n) is 12.1.